The highest BCUT2D eigenvalue weighted by Gasteiger charge is 2.06. The maximum absolute atomic E-state index is 6.08. The highest BCUT2D eigenvalue weighted by atomic mass is 32.1. The number of para-hydroxylation sites is 1. The van der Waals surface area contributed by atoms with E-state index in [1.54, 1.807) is 0 Å². The molecule has 3 rings (SSSR count). The minimum atomic E-state index is 0.246. The molecule has 0 heterocycles. The Morgan fingerprint density at radius 2 is 1.63 bits per heavy atom. The van der Waals surface area contributed by atoms with Crippen LogP contribution in [0.5, 0.6) is 11.5 Å². The van der Waals surface area contributed by atoms with E-state index in [9.17, 15) is 0 Å². The van der Waals surface area contributed by atoms with Gasteiger partial charge in [-0.1, -0.05) is 54.1 Å². The standard InChI is InChI=1S/C25H28N2O2S/c1-19-9-7-10-20(17-19)23-13-3-4-14-24(23)29-16-6-2-5-15-28-22-12-8-11-21(18-22)27-25(26)30/h3-4,7-14,17-18H,2,5-6,15-16H2,1H3,(H3,26,27,30). The van der Waals surface area contributed by atoms with Crippen molar-refractivity contribution in [2.24, 2.45) is 5.73 Å². The molecule has 0 aromatic heterocycles. The molecule has 0 fully saturated rings. The molecule has 0 aliphatic heterocycles. The van der Waals surface area contributed by atoms with Gasteiger partial charge in [-0.05, 0) is 62.2 Å². The molecule has 30 heavy (non-hydrogen) atoms. The third kappa shape index (κ3) is 6.78. The number of hydrogen-bond donors (Lipinski definition) is 2. The van der Waals surface area contributed by atoms with Crippen molar-refractivity contribution in [2.45, 2.75) is 26.2 Å². The van der Waals surface area contributed by atoms with E-state index in [0.29, 0.717) is 13.2 Å². The van der Waals surface area contributed by atoms with Crippen LogP contribution in [0.15, 0.2) is 72.8 Å². The molecule has 0 radical (unpaired) electrons. The summed E-state index contributed by atoms with van der Waals surface area (Å²) in [5.41, 5.74) is 9.90. The summed E-state index contributed by atoms with van der Waals surface area (Å²) in [5, 5.41) is 3.16. The van der Waals surface area contributed by atoms with E-state index in [1.165, 1.54) is 11.1 Å². The second-order valence-electron chi connectivity index (χ2n) is 7.14. The van der Waals surface area contributed by atoms with Gasteiger partial charge in [0.25, 0.3) is 0 Å². The second-order valence-corrected chi connectivity index (χ2v) is 7.58. The molecule has 156 valence electrons. The van der Waals surface area contributed by atoms with Gasteiger partial charge in [-0.25, -0.2) is 0 Å². The Kier molecular flexibility index (Phi) is 8.10. The van der Waals surface area contributed by atoms with E-state index in [1.807, 2.05) is 42.5 Å². The fraction of sp³-hybridized carbons (Fsp3) is 0.240. The number of benzene rings is 3. The van der Waals surface area contributed by atoms with Crippen molar-refractivity contribution in [3.05, 3.63) is 78.4 Å². The van der Waals surface area contributed by atoms with Crippen molar-refractivity contribution in [1.29, 1.82) is 0 Å². The van der Waals surface area contributed by atoms with Crippen LogP contribution < -0.4 is 20.5 Å². The molecule has 0 saturated heterocycles. The highest BCUT2D eigenvalue weighted by molar-refractivity contribution is 7.80. The largest absolute Gasteiger partial charge is 0.494 e. The zero-order valence-electron chi connectivity index (χ0n) is 17.3. The molecule has 4 nitrogen and oxygen atoms in total. The number of nitrogens with two attached hydrogens (primary N) is 1. The van der Waals surface area contributed by atoms with Crippen molar-refractivity contribution in [3.63, 3.8) is 0 Å². The first-order valence-electron chi connectivity index (χ1n) is 10.2. The summed E-state index contributed by atoms with van der Waals surface area (Å²) < 4.78 is 11.9. The molecule has 3 aromatic carbocycles. The number of rotatable bonds is 10. The van der Waals surface area contributed by atoms with Crippen LogP contribution in [0.1, 0.15) is 24.8 Å². The van der Waals surface area contributed by atoms with Gasteiger partial charge in [0.2, 0.25) is 0 Å². The lowest BCUT2D eigenvalue weighted by Crippen LogP contribution is -2.18. The van der Waals surface area contributed by atoms with E-state index >= 15 is 0 Å². The van der Waals surface area contributed by atoms with E-state index in [0.717, 1.165) is 42.0 Å². The van der Waals surface area contributed by atoms with Crippen molar-refractivity contribution >= 4 is 23.0 Å². The Balaban J connectivity index is 1.40. The Morgan fingerprint density at radius 3 is 2.43 bits per heavy atom. The smallest absolute Gasteiger partial charge is 0.168 e. The van der Waals surface area contributed by atoms with Gasteiger partial charge in [0, 0.05) is 17.3 Å². The van der Waals surface area contributed by atoms with Crippen LogP contribution in [0.25, 0.3) is 11.1 Å². The Bertz CT molecular complexity index is 975. The minimum absolute atomic E-state index is 0.246. The Hall–Kier alpha value is -3.05. The van der Waals surface area contributed by atoms with Crippen LogP contribution in [0.2, 0.25) is 0 Å². The molecule has 0 aliphatic carbocycles. The van der Waals surface area contributed by atoms with Gasteiger partial charge in [0.15, 0.2) is 5.11 Å². The van der Waals surface area contributed by atoms with Crippen molar-refractivity contribution in [1.82, 2.24) is 0 Å². The average Bonchev–Trinajstić information content (AvgIpc) is 2.73. The second kappa shape index (κ2) is 11.2. The third-order valence-corrected chi connectivity index (χ3v) is 4.73. The van der Waals surface area contributed by atoms with Gasteiger partial charge < -0.3 is 20.5 Å². The van der Waals surface area contributed by atoms with Gasteiger partial charge in [-0.2, -0.15) is 0 Å². The molecule has 5 heteroatoms. The lowest BCUT2D eigenvalue weighted by Gasteiger charge is -2.12. The van der Waals surface area contributed by atoms with Crippen LogP contribution >= 0.6 is 12.2 Å². The lowest BCUT2D eigenvalue weighted by atomic mass is 10.0. The molecular weight excluding hydrogens is 392 g/mol. The molecule has 0 spiro atoms. The minimum Gasteiger partial charge on any atom is -0.494 e. The fourth-order valence-electron chi connectivity index (χ4n) is 3.20. The zero-order chi connectivity index (χ0) is 21.2. The number of hydrogen-bond acceptors (Lipinski definition) is 3. The fourth-order valence-corrected chi connectivity index (χ4v) is 3.32. The number of thiocarbonyl (C=S) groups is 1. The maximum atomic E-state index is 6.08. The highest BCUT2D eigenvalue weighted by Crippen LogP contribution is 2.30. The number of unbranched alkanes of at least 4 members (excludes halogenated alkanes) is 2. The molecule has 0 saturated carbocycles. The first kappa shape index (κ1) is 21.7. The summed E-state index contributed by atoms with van der Waals surface area (Å²) in [4.78, 5) is 0. The number of nitrogens with one attached hydrogen (secondary N) is 1. The van der Waals surface area contributed by atoms with Crippen LogP contribution in [-0.2, 0) is 0 Å². The molecule has 0 amide bonds. The molecule has 0 aliphatic rings. The normalized spacial score (nSPS) is 10.4. The van der Waals surface area contributed by atoms with Gasteiger partial charge in [-0.3, -0.25) is 0 Å². The van der Waals surface area contributed by atoms with Crippen LogP contribution in [0.3, 0.4) is 0 Å². The first-order valence-corrected chi connectivity index (χ1v) is 10.6. The lowest BCUT2D eigenvalue weighted by molar-refractivity contribution is 0.280. The Labute approximate surface area is 184 Å². The van der Waals surface area contributed by atoms with Gasteiger partial charge in [0.05, 0.1) is 13.2 Å². The predicted octanol–water partition coefficient (Wildman–Crippen LogP) is 5.95. The topological polar surface area (TPSA) is 56.5 Å². The van der Waals surface area contributed by atoms with E-state index < -0.39 is 0 Å². The average molecular weight is 421 g/mol. The first-order chi connectivity index (χ1) is 14.6. The molecule has 0 bridgehead atoms. The molecule has 0 unspecified atom stereocenters. The predicted molar refractivity (Wildman–Crippen MR) is 128 cm³/mol. The summed E-state index contributed by atoms with van der Waals surface area (Å²) in [5.74, 6) is 1.74. The summed E-state index contributed by atoms with van der Waals surface area (Å²) in [6.45, 7) is 3.46. The molecule has 3 aromatic rings. The quantitative estimate of drug-likeness (QED) is 0.314. The van der Waals surface area contributed by atoms with Crippen LogP contribution in [0.4, 0.5) is 5.69 Å². The summed E-state index contributed by atoms with van der Waals surface area (Å²) >= 11 is 4.86. The van der Waals surface area contributed by atoms with Gasteiger partial charge in [-0.15, -0.1) is 0 Å². The van der Waals surface area contributed by atoms with E-state index in [2.05, 4.69) is 42.6 Å². The van der Waals surface area contributed by atoms with E-state index in [-0.39, 0.29) is 5.11 Å². The van der Waals surface area contributed by atoms with Crippen LogP contribution in [0, 0.1) is 6.92 Å². The van der Waals surface area contributed by atoms with Crippen molar-refractivity contribution in [3.8, 4) is 22.6 Å². The number of anilines is 1. The summed E-state index contributed by atoms with van der Waals surface area (Å²) in [7, 11) is 0. The van der Waals surface area contributed by atoms with Crippen molar-refractivity contribution in [2.75, 3.05) is 18.5 Å². The zero-order valence-corrected chi connectivity index (χ0v) is 18.1. The maximum Gasteiger partial charge on any atom is 0.168 e. The molecular formula is C25H28N2O2S. The van der Waals surface area contributed by atoms with E-state index in [4.69, 9.17) is 27.4 Å². The Morgan fingerprint density at radius 1 is 0.867 bits per heavy atom. The number of ether oxygens (including phenoxy) is 2. The van der Waals surface area contributed by atoms with Gasteiger partial charge in [0.1, 0.15) is 11.5 Å². The molecule has 0 atom stereocenters. The van der Waals surface area contributed by atoms with Crippen molar-refractivity contribution < 1.29 is 9.47 Å². The third-order valence-electron chi connectivity index (χ3n) is 4.63. The monoisotopic (exact) mass is 420 g/mol. The van der Waals surface area contributed by atoms with Gasteiger partial charge >= 0.3 is 0 Å². The summed E-state index contributed by atoms with van der Waals surface area (Å²) in [6.07, 6.45) is 2.99. The SMILES string of the molecule is Cc1cccc(-c2ccccc2OCCCCCOc2cccc(NC(N)=S)c2)c1. The van der Waals surface area contributed by atoms with Crippen LogP contribution in [-0.4, -0.2) is 18.3 Å². The summed E-state index contributed by atoms with van der Waals surface area (Å²) in [6, 6.07) is 24.3. The number of aryl methyl sites for hydroxylation is 1. The molecule has 3 N–H and O–H groups in total.